The number of rotatable bonds is 7. The van der Waals surface area contributed by atoms with Crippen LogP contribution in [0.3, 0.4) is 0 Å². The first-order valence-corrected chi connectivity index (χ1v) is 11.1. The second-order valence-corrected chi connectivity index (χ2v) is 8.15. The Hall–Kier alpha value is -2.12. The van der Waals surface area contributed by atoms with Gasteiger partial charge in [0.2, 0.25) is 5.91 Å². The highest BCUT2D eigenvalue weighted by Gasteiger charge is 2.23. The van der Waals surface area contributed by atoms with Crippen LogP contribution in [0.4, 0.5) is 0 Å². The molecule has 2 heterocycles. The molecule has 0 atom stereocenters. The van der Waals surface area contributed by atoms with Crippen LogP contribution < -0.4 is 10.6 Å². The fourth-order valence-corrected chi connectivity index (χ4v) is 4.11. The highest BCUT2D eigenvalue weighted by molar-refractivity contribution is 5.80. The molecular formula is C23H36N4O3. The normalized spacial score (nSPS) is 19.0. The lowest BCUT2D eigenvalue weighted by molar-refractivity contribution is -0.121. The lowest BCUT2D eigenvalue weighted by Gasteiger charge is -2.34. The van der Waals surface area contributed by atoms with Crippen molar-refractivity contribution < 1.29 is 14.3 Å². The number of piperidine rings is 1. The van der Waals surface area contributed by atoms with Gasteiger partial charge in [0.1, 0.15) is 0 Å². The quantitative estimate of drug-likeness (QED) is 0.527. The van der Waals surface area contributed by atoms with Gasteiger partial charge in [0.25, 0.3) is 0 Å². The third-order valence-corrected chi connectivity index (χ3v) is 5.97. The molecule has 0 radical (unpaired) electrons. The summed E-state index contributed by atoms with van der Waals surface area (Å²) in [7, 11) is 3.53. The molecule has 166 valence electrons. The number of benzene rings is 1. The number of aliphatic imine (C=N–C) groups is 1. The number of hydrogen-bond acceptors (Lipinski definition) is 4. The molecule has 2 saturated heterocycles. The van der Waals surface area contributed by atoms with Gasteiger partial charge in [-0.05, 0) is 42.7 Å². The number of hydrogen-bond donors (Lipinski definition) is 2. The van der Waals surface area contributed by atoms with Crippen molar-refractivity contribution in [1.29, 1.82) is 0 Å². The van der Waals surface area contributed by atoms with Gasteiger partial charge in [-0.15, -0.1) is 0 Å². The lowest BCUT2D eigenvalue weighted by atomic mass is 9.93. The van der Waals surface area contributed by atoms with E-state index >= 15 is 0 Å². The van der Waals surface area contributed by atoms with Crippen molar-refractivity contribution in [3.05, 3.63) is 35.4 Å². The monoisotopic (exact) mass is 416 g/mol. The lowest BCUT2D eigenvalue weighted by Crippen LogP contribution is -2.45. The van der Waals surface area contributed by atoms with Crippen molar-refractivity contribution >= 4 is 11.9 Å². The van der Waals surface area contributed by atoms with E-state index < -0.39 is 0 Å². The van der Waals surface area contributed by atoms with Crippen molar-refractivity contribution in [1.82, 2.24) is 15.5 Å². The molecule has 2 aliphatic heterocycles. The number of amides is 1. The van der Waals surface area contributed by atoms with Gasteiger partial charge in [0.15, 0.2) is 5.96 Å². The maximum atomic E-state index is 11.6. The average molecular weight is 417 g/mol. The minimum Gasteiger partial charge on any atom is -0.381 e. The zero-order chi connectivity index (χ0) is 21.2. The Bertz CT molecular complexity index is 695. The Kier molecular flexibility index (Phi) is 8.96. The molecule has 1 aromatic carbocycles. The zero-order valence-corrected chi connectivity index (χ0v) is 18.4. The van der Waals surface area contributed by atoms with Crippen LogP contribution in [0.2, 0.25) is 0 Å². The summed E-state index contributed by atoms with van der Waals surface area (Å²) in [6.07, 6.45) is 4.94. The summed E-state index contributed by atoms with van der Waals surface area (Å²) in [6, 6.07) is 8.55. The van der Waals surface area contributed by atoms with Crippen molar-refractivity contribution in [3.8, 4) is 0 Å². The van der Waals surface area contributed by atoms with Crippen molar-refractivity contribution in [2.24, 2.45) is 10.9 Å². The third kappa shape index (κ3) is 6.99. The van der Waals surface area contributed by atoms with Crippen molar-refractivity contribution in [3.63, 3.8) is 0 Å². The van der Waals surface area contributed by atoms with Crippen LogP contribution in [-0.2, 0) is 27.4 Å². The van der Waals surface area contributed by atoms with E-state index in [0.717, 1.165) is 64.5 Å². The van der Waals surface area contributed by atoms with Gasteiger partial charge in [-0.25, -0.2) is 0 Å². The number of guanidine groups is 1. The van der Waals surface area contributed by atoms with E-state index in [0.29, 0.717) is 25.0 Å². The second-order valence-electron chi connectivity index (χ2n) is 8.15. The molecule has 2 N–H and O–H groups in total. The van der Waals surface area contributed by atoms with Crippen molar-refractivity contribution in [2.75, 3.05) is 40.4 Å². The number of ether oxygens (including phenoxy) is 2. The predicted octanol–water partition coefficient (Wildman–Crippen LogP) is 2.31. The molecule has 1 amide bonds. The average Bonchev–Trinajstić information content (AvgIpc) is 2.80. The number of nitrogens with zero attached hydrogens (tertiary/aromatic N) is 2. The molecule has 0 unspecified atom stereocenters. The first kappa shape index (κ1) is 22.6. The Morgan fingerprint density at radius 2 is 1.93 bits per heavy atom. The number of nitrogens with one attached hydrogen (secondary N) is 2. The maximum Gasteiger partial charge on any atom is 0.220 e. The van der Waals surface area contributed by atoms with Crippen LogP contribution in [0.15, 0.2) is 29.3 Å². The van der Waals surface area contributed by atoms with Crippen LogP contribution in [0.1, 0.15) is 43.2 Å². The first-order chi connectivity index (χ1) is 14.7. The van der Waals surface area contributed by atoms with E-state index in [2.05, 4.69) is 44.8 Å². The Balaban J connectivity index is 1.44. The predicted molar refractivity (Wildman–Crippen MR) is 118 cm³/mol. The molecule has 0 bridgehead atoms. The zero-order valence-electron chi connectivity index (χ0n) is 18.4. The van der Waals surface area contributed by atoms with E-state index in [-0.39, 0.29) is 5.91 Å². The standard InChI is InChI=1S/C23H36N4O3/c1-24-22(28)15-18-6-10-27(11-7-18)23(25-2)26-16-19-4-3-5-20(14-19)17-30-21-8-12-29-13-9-21/h3-5,14,18,21H,6-13,15-17H2,1-2H3,(H,24,28)(H,25,26). The van der Waals surface area contributed by atoms with Gasteiger partial charge in [0.05, 0.1) is 12.7 Å². The molecular weight excluding hydrogens is 380 g/mol. The summed E-state index contributed by atoms with van der Waals surface area (Å²) < 4.78 is 11.4. The van der Waals surface area contributed by atoms with Gasteiger partial charge in [-0.2, -0.15) is 0 Å². The van der Waals surface area contributed by atoms with Gasteiger partial charge < -0.3 is 25.0 Å². The van der Waals surface area contributed by atoms with Gasteiger partial charge in [0, 0.05) is 53.4 Å². The summed E-state index contributed by atoms with van der Waals surface area (Å²) in [5, 5.41) is 6.22. The fourth-order valence-electron chi connectivity index (χ4n) is 4.11. The smallest absolute Gasteiger partial charge is 0.220 e. The molecule has 0 saturated carbocycles. The molecule has 2 fully saturated rings. The van der Waals surface area contributed by atoms with Crippen LogP contribution in [0, 0.1) is 5.92 Å². The van der Waals surface area contributed by atoms with E-state index in [1.165, 1.54) is 11.1 Å². The first-order valence-electron chi connectivity index (χ1n) is 11.1. The number of likely N-dealkylation sites (tertiary alicyclic amines) is 1. The van der Waals surface area contributed by atoms with Crippen LogP contribution in [-0.4, -0.2) is 63.3 Å². The highest BCUT2D eigenvalue weighted by atomic mass is 16.5. The van der Waals surface area contributed by atoms with Crippen LogP contribution in [0.5, 0.6) is 0 Å². The van der Waals surface area contributed by atoms with E-state index in [1.54, 1.807) is 7.05 Å². The largest absolute Gasteiger partial charge is 0.381 e. The fraction of sp³-hybridized carbons (Fsp3) is 0.652. The second kappa shape index (κ2) is 11.9. The molecule has 30 heavy (non-hydrogen) atoms. The minimum atomic E-state index is 0.136. The number of carbonyl (C=O) groups is 1. The Morgan fingerprint density at radius 1 is 1.20 bits per heavy atom. The number of carbonyl (C=O) groups excluding carboxylic acids is 1. The van der Waals surface area contributed by atoms with Crippen LogP contribution in [0.25, 0.3) is 0 Å². The maximum absolute atomic E-state index is 11.6. The Labute approximate surface area is 180 Å². The molecule has 0 aliphatic carbocycles. The third-order valence-electron chi connectivity index (χ3n) is 5.97. The highest BCUT2D eigenvalue weighted by Crippen LogP contribution is 2.20. The summed E-state index contributed by atoms with van der Waals surface area (Å²) in [5.74, 6) is 1.53. The molecule has 7 nitrogen and oxygen atoms in total. The summed E-state index contributed by atoms with van der Waals surface area (Å²) >= 11 is 0. The van der Waals surface area contributed by atoms with Gasteiger partial charge in [-0.1, -0.05) is 24.3 Å². The molecule has 7 heteroatoms. The Morgan fingerprint density at radius 3 is 2.63 bits per heavy atom. The topological polar surface area (TPSA) is 75.2 Å². The SMILES string of the molecule is CN=C(NCc1cccc(COC2CCOCC2)c1)N1CCC(CC(=O)NC)CC1. The molecule has 1 aromatic rings. The van der Waals surface area contributed by atoms with Crippen LogP contribution >= 0.6 is 0 Å². The van der Waals surface area contributed by atoms with Gasteiger partial charge in [-0.3, -0.25) is 9.79 Å². The summed E-state index contributed by atoms with van der Waals surface area (Å²) in [5.41, 5.74) is 2.42. The minimum absolute atomic E-state index is 0.136. The molecule has 2 aliphatic rings. The van der Waals surface area contributed by atoms with E-state index in [4.69, 9.17) is 9.47 Å². The molecule has 0 spiro atoms. The van der Waals surface area contributed by atoms with Crippen molar-refractivity contribution in [2.45, 2.75) is 51.4 Å². The van der Waals surface area contributed by atoms with E-state index in [9.17, 15) is 4.79 Å². The molecule has 0 aromatic heterocycles. The summed E-state index contributed by atoms with van der Waals surface area (Å²) in [4.78, 5) is 18.4. The summed E-state index contributed by atoms with van der Waals surface area (Å²) in [6.45, 7) is 4.84. The van der Waals surface area contributed by atoms with E-state index in [1.807, 2.05) is 7.05 Å². The van der Waals surface area contributed by atoms with Gasteiger partial charge >= 0.3 is 0 Å². The molecule has 3 rings (SSSR count).